The summed E-state index contributed by atoms with van der Waals surface area (Å²) < 4.78 is 6.14. The van der Waals surface area contributed by atoms with Gasteiger partial charge in [0.25, 0.3) is 11.2 Å². The van der Waals surface area contributed by atoms with Crippen LogP contribution >= 0.6 is 23.2 Å². The van der Waals surface area contributed by atoms with Crippen molar-refractivity contribution in [3.05, 3.63) is 96.4 Å². The predicted molar refractivity (Wildman–Crippen MR) is 102 cm³/mol. The molecule has 8 nitrogen and oxygen atoms in total. The van der Waals surface area contributed by atoms with Crippen molar-refractivity contribution in [1.82, 2.24) is 9.78 Å². The van der Waals surface area contributed by atoms with Crippen LogP contribution in [0.1, 0.15) is 15.9 Å². The van der Waals surface area contributed by atoms with E-state index in [1.165, 1.54) is 36.5 Å². The van der Waals surface area contributed by atoms with Gasteiger partial charge in [-0.3, -0.25) is 14.9 Å². The predicted octanol–water partition coefficient (Wildman–Crippen LogP) is 3.80. The van der Waals surface area contributed by atoms with Crippen LogP contribution in [0.2, 0.25) is 10.0 Å². The lowest BCUT2D eigenvalue weighted by Crippen LogP contribution is -2.24. The molecule has 3 aromatic rings. The van der Waals surface area contributed by atoms with E-state index in [0.29, 0.717) is 0 Å². The molecule has 0 saturated carbocycles. The number of nitro groups is 1. The fraction of sp³-hybridized carbons (Fsp3) is 0.0556. The molecule has 0 spiro atoms. The molecule has 0 aliphatic heterocycles. The van der Waals surface area contributed by atoms with Gasteiger partial charge in [0.1, 0.15) is 11.6 Å². The molecule has 0 aliphatic carbocycles. The lowest BCUT2D eigenvalue weighted by molar-refractivity contribution is -0.385. The summed E-state index contributed by atoms with van der Waals surface area (Å²) in [6.45, 7) is -0.311. The van der Waals surface area contributed by atoms with Crippen molar-refractivity contribution in [2.24, 2.45) is 0 Å². The summed E-state index contributed by atoms with van der Waals surface area (Å²) in [6.07, 6.45) is 1.18. The number of nitro benzene ring substituents is 1. The molecule has 3 rings (SSSR count). The first-order valence-corrected chi connectivity index (χ1v) is 8.58. The standard InChI is InChI=1S/C18H11Cl2N3O5/c19-13-9-21-22(17(24)16(13)20)15-8-4-2-6-12(15)18(25)28-10-11-5-1-3-7-14(11)23(26)27/h1-9H,10H2. The van der Waals surface area contributed by atoms with Gasteiger partial charge in [0.05, 0.1) is 33.0 Å². The zero-order valence-electron chi connectivity index (χ0n) is 14.0. The molecule has 0 aliphatic rings. The van der Waals surface area contributed by atoms with Crippen LogP contribution in [0.25, 0.3) is 5.69 Å². The molecular weight excluding hydrogens is 409 g/mol. The number of ether oxygens (including phenoxy) is 1. The number of aromatic nitrogens is 2. The van der Waals surface area contributed by atoms with Crippen LogP contribution in [0, 0.1) is 10.1 Å². The first kappa shape index (κ1) is 19.5. The Morgan fingerprint density at radius 2 is 1.82 bits per heavy atom. The molecule has 0 radical (unpaired) electrons. The summed E-state index contributed by atoms with van der Waals surface area (Å²) in [7, 11) is 0. The third-order valence-electron chi connectivity index (χ3n) is 3.78. The fourth-order valence-electron chi connectivity index (χ4n) is 2.45. The van der Waals surface area contributed by atoms with Gasteiger partial charge in [0, 0.05) is 6.07 Å². The SMILES string of the molecule is O=C(OCc1ccccc1[N+](=O)[O-])c1ccccc1-n1ncc(Cl)c(Cl)c1=O. The highest BCUT2D eigenvalue weighted by Gasteiger charge is 2.19. The number of hydrogen-bond acceptors (Lipinski definition) is 6. The molecule has 10 heteroatoms. The third-order valence-corrected chi connectivity index (χ3v) is 4.52. The minimum absolute atomic E-state index is 0.0145. The summed E-state index contributed by atoms with van der Waals surface area (Å²) in [5.41, 5.74) is -0.449. The summed E-state index contributed by atoms with van der Waals surface area (Å²) >= 11 is 11.6. The van der Waals surface area contributed by atoms with Crippen molar-refractivity contribution < 1.29 is 14.5 Å². The maximum atomic E-state index is 12.6. The molecule has 0 unspecified atom stereocenters. The van der Waals surface area contributed by atoms with Gasteiger partial charge >= 0.3 is 5.97 Å². The zero-order chi connectivity index (χ0) is 20.3. The largest absolute Gasteiger partial charge is 0.457 e. The Kier molecular flexibility index (Phi) is 5.72. The van der Waals surface area contributed by atoms with Crippen molar-refractivity contribution in [3.8, 4) is 5.69 Å². The van der Waals surface area contributed by atoms with E-state index in [4.69, 9.17) is 27.9 Å². The van der Waals surface area contributed by atoms with Crippen LogP contribution in [-0.2, 0) is 11.3 Å². The normalized spacial score (nSPS) is 10.5. The molecule has 0 bridgehead atoms. The summed E-state index contributed by atoms with van der Waals surface area (Å²) in [6, 6.07) is 12.0. The van der Waals surface area contributed by atoms with Crippen LogP contribution in [0.3, 0.4) is 0 Å². The van der Waals surface area contributed by atoms with E-state index in [1.54, 1.807) is 18.2 Å². The van der Waals surface area contributed by atoms with Crippen molar-refractivity contribution in [2.45, 2.75) is 6.61 Å². The van der Waals surface area contributed by atoms with Gasteiger partial charge in [0.2, 0.25) is 0 Å². The number of carbonyl (C=O) groups excluding carboxylic acids is 1. The smallest absolute Gasteiger partial charge is 0.340 e. The van der Waals surface area contributed by atoms with Crippen LogP contribution < -0.4 is 5.56 Å². The molecule has 0 N–H and O–H groups in total. The van der Waals surface area contributed by atoms with Crippen LogP contribution in [-0.4, -0.2) is 20.7 Å². The summed E-state index contributed by atoms with van der Waals surface area (Å²) in [4.78, 5) is 35.4. The Bertz CT molecular complexity index is 1130. The second kappa shape index (κ2) is 8.20. The maximum Gasteiger partial charge on any atom is 0.340 e. The second-order valence-corrected chi connectivity index (χ2v) is 6.29. The Labute approximate surface area is 168 Å². The number of halogens is 2. The Balaban J connectivity index is 1.92. The number of carbonyl (C=O) groups is 1. The highest BCUT2D eigenvalue weighted by atomic mass is 35.5. The van der Waals surface area contributed by atoms with Gasteiger partial charge in [-0.25, -0.2) is 4.79 Å². The van der Waals surface area contributed by atoms with Gasteiger partial charge in [-0.05, 0) is 18.2 Å². The molecule has 2 aromatic carbocycles. The molecule has 1 aromatic heterocycles. The van der Waals surface area contributed by atoms with Crippen molar-refractivity contribution in [2.75, 3.05) is 0 Å². The van der Waals surface area contributed by atoms with Gasteiger partial charge < -0.3 is 4.74 Å². The van der Waals surface area contributed by atoms with E-state index in [9.17, 15) is 19.7 Å². The van der Waals surface area contributed by atoms with Gasteiger partial charge in [-0.15, -0.1) is 0 Å². The topological polar surface area (TPSA) is 104 Å². The van der Waals surface area contributed by atoms with E-state index in [1.807, 2.05) is 0 Å². The van der Waals surface area contributed by atoms with Crippen LogP contribution in [0.15, 0.2) is 59.5 Å². The number of esters is 1. The number of hydrogen-bond donors (Lipinski definition) is 0. The van der Waals surface area contributed by atoms with Gasteiger partial charge in [-0.1, -0.05) is 47.5 Å². The molecule has 0 saturated heterocycles. The number of rotatable bonds is 5. The Morgan fingerprint density at radius 1 is 1.14 bits per heavy atom. The third kappa shape index (κ3) is 3.88. The quantitative estimate of drug-likeness (QED) is 0.353. The van der Waals surface area contributed by atoms with E-state index in [-0.39, 0.29) is 39.2 Å². The Hall–Kier alpha value is -3.23. The van der Waals surface area contributed by atoms with Crippen LogP contribution in [0.5, 0.6) is 0 Å². The average Bonchev–Trinajstić information content (AvgIpc) is 2.70. The van der Waals surface area contributed by atoms with E-state index in [2.05, 4.69) is 5.10 Å². The maximum absolute atomic E-state index is 12.6. The molecule has 28 heavy (non-hydrogen) atoms. The molecular formula is C18H11Cl2N3O5. The molecule has 0 fully saturated rings. The van der Waals surface area contributed by atoms with E-state index in [0.717, 1.165) is 4.68 Å². The van der Waals surface area contributed by atoms with Gasteiger partial charge in [0.15, 0.2) is 0 Å². The minimum Gasteiger partial charge on any atom is -0.457 e. The van der Waals surface area contributed by atoms with Gasteiger partial charge in [-0.2, -0.15) is 9.78 Å². The molecule has 142 valence electrons. The minimum atomic E-state index is -0.784. The lowest BCUT2D eigenvalue weighted by Gasteiger charge is -2.11. The Morgan fingerprint density at radius 3 is 2.57 bits per heavy atom. The highest BCUT2D eigenvalue weighted by Crippen LogP contribution is 2.21. The molecule has 0 amide bonds. The second-order valence-electron chi connectivity index (χ2n) is 5.50. The summed E-state index contributed by atoms with van der Waals surface area (Å²) in [5, 5.41) is 14.7. The van der Waals surface area contributed by atoms with E-state index < -0.39 is 16.5 Å². The molecule has 1 heterocycles. The first-order valence-electron chi connectivity index (χ1n) is 7.82. The van der Waals surface area contributed by atoms with Crippen LogP contribution in [0.4, 0.5) is 5.69 Å². The monoisotopic (exact) mass is 419 g/mol. The molecule has 0 atom stereocenters. The lowest BCUT2D eigenvalue weighted by atomic mass is 10.1. The number of nitrogens with zero attached hydrogens (tertiary/aromatic N) is 3. The van der Waals surface area contributed by atoms with Crippen molar-refractivity contribution in [1.29, 1.82) is 0 Å². The highest BCUT2D eigenvalue weighted by molar-refractivity contribution is 6.41. The number of benzene rings is 2. The van der Waals surface area contributed by atoms with Crippen molar-refractivity contribution in [3.63, 3.8) is 0 Å². The number of para-hydroxylation sites is 2. The zero-order valence-corrected chi connectivity index (χ0v) is 15.6. The summed E-state index contributed by atoms with van der Waals surface area (Å²) in [5.74, 6) is -0.784. The fourth-order valence-corrected chi connectivity index (χ4v) is 2.70. The first-order chi connectivity index (χ1) is 13.4. The van der Waals surface area contributed by atoms with Crippen molar-refractivity contribution >= 4 is 34.9 Å². The average molecular weight is 420 g/mol. The van der Waals surface area contributed by atoms with E-state index >= 15 is 0 Å².